The lowest BCUT2D eigenvalue weighted by atomic mass is 10.1. The van der Waals surface area contributed by atoms with Gasteiger partial charge in [-0.15, -0.1) is 0 Å². The number of aromatic nitrogens is 2. The topological polar surface area (TPSA) is 56.3 Å². The predicted molar refractivity (Wildman–Crippen MR) is 81.3 cm³/mol. The number of anilines is 1. The predicted octanol–water partition coefficient (Wildman–Crippen LogP) is 3.43. The second-order valence-corrected chi connectivity index (χ2v) is 5.02. The molecule has 106 valence electrons. The highest BCUT2D eigenvalue weighted by molar-refractivity contribution is 9.10. The van der Waals surface area contributed by atoms with Crippen LogP contribution >= 0.6 is 15.9 Å². The fraction of sp³-hybridized carbons (Fsp3) is 0.286. The Bertz CT molecular complexity index is 592. The van der Waals surface area contributed by atoms with Crippen LogP contribution in [0.1, 0.15) is 18.5 Å². The Labute approximate surface area is 126 Å². The van der Waals surface area contributed by atoms with Gasteiger partial charge < -0.3 is 14.8 Å². The summed E-state index contributed by atoms with van der Waals surface area (Å²) in [4.78, 5) is 8.17. The third-order valence-electron chi connectivity index (χ3n) is 2.91. The van der Waals surface area contributed by atoms with Gasteiger partial charge in [0.25, 0.3) is 0 Å². The smallest absolute Gasteiger partial charge is 0.161 e. The highest BCUT2D eigenvalue weighted by Crippen LogP contribution is 2.30. The van der Waals surface area contributed by atoms with Crippen LogP contribution < -0.4 is 14.8 Å². The van der Waals surface area contributed by atoms with Crippen LogP contribution in [-0.4, -0.2) is 24.2 Å². The van der Waals surface area contributed by atoms with E-state index in [1.54, 1.807) is 14.2 Å². The summed E-state index contributed by atoms with van der Waals surface area (Å²) < 4.78 is 11.3. The van der Waals surface area contributed by atoms with E-state index in [4.69, 9.17) is 9.47 Å². The molecule has 0 aliphatic rings. The largest absolute Gasteiger partial charge is 0.493 e. The lowest BCUT2D eigenvalue weighted by molar-refractivity contribution is 0.354. The van der Waals surface area contributed by atoms with Gasteiger partial charge in [0.15, 0.2) is 11.5 Å². The van der Waals surface area contributed by atoms with Crippen LogP contribution in [0.4, 0.5) is 5.82 Å². The lowest BCUT2D eigenvalue weighted by Gasteiger charge is -2.17. The maximum Gasteiger partial charge on any atom is 0.161 e. The van der Waals surface area contributed by atoms with Gasteiger partial charge in [-0.3, -0.25) is 0 Å². The standard InChI is InChI=1S/C14H16BrN3O2/c1-9(18-14-7-13(15)16-8-17-14)10-4-5-11(19-2)12(6-10)20-3/h4-9H,1-3H3,(H,16,17,18). The number of hydrogen-bond donors (Lipinski definition) is 1. The summed E-state index contributed by atoms with van der Waals surface area (Å²) in [6.07, 6.45) is 1.51. The van der Waals surface area contributed by atoms with Crippen molar-refractivity contribution in [1.82, 2.24) is 9.97 Å². The van der Waals surface area contributed by atoms with E-state index in [1.165, 1.54) is 6.33 Å². The van der Waals surface area contributed by atoms with E-state index >= 15 is 0 Å². The van der Waals surface area contributed by atoms with Gasteiger partial charge in [-0.1, -0.05) is 6.07 Å². The minimum atomic E-state index is 0.0802. The molecule has 1 aromatic heterocycles. The zero-order chi connectivity index (χ0) is 14.5. The Morgan fingerprint density at radius 1 is 1.10 bits per heavy atom. The van der Waals surface area contributed by atoms with Crippen LogP contribution in [0.3, 0.4) is 0 Å². The second kappa shape index (κ2) is 6.56. The van der Waals surface area contributed by atoms with Crippen LogP contribution in [0.5, 0.6) is 11.5 Å². The Balaban J connectivity index is 2.18. The zero-order valence-corrected chi connectivity index (χ0v) is 13.1. The van der Waals surface area contributed by atoms with E-state index in [-0.39, 0.29) is 6.04 Å². The van der Waals surface area contributed by atoms with Gasteiger partial charge in [0, 0.05) is 6.07 Å². The third kappa shape index (κ3) is 3.39. The fourth-order valence-corrected chi connectivity index (χ4v) is 2.15. The molecule has 1 aromatic carbocycles. The SMILES string of the molecule is COc1ccc(C(C)Nc2cc(Br)ncn2)cc1OC. The first-order chi connectivity index (χ1) is 9.63. The Kier molecular flexibility index (Phi) is 4.79. The Hall–Kier alpha value is -1.82. The Morgan fingerprint density at radius 2 is 1.85 bits per heavy atom. The van der Waals surface area contributed by atoms with Crippen LogP contribution in [0.25, 0.3) is 0 Å². The van der Waals surface area contributed by atoms with Gasteiger partial charge in [-0.05, 0) is 40.5 Å². The molecule has 0 saturated heterocycles. The first-order valence-corrected chi connectivity index (χ1v) is 6.89. The van der Waals surface area contributed by atoms with E-state index in [9.17, 15) is 0 Å². The number of nitrogens with zero attached hydrogens (tertiary/aromatic N) is 2. The molecule has 1 heterocycles. The summed E-state index contributed by atoms with van der Waals surface area (Å²) in [6.45, 7) is 2.05. The lowest BCUT2D eigenvalue weighted by Crippen LogP contribution is -2.08. The van der Waals surface area contributed by atoms with Gasteiger partial charge in [-0.25, -0.2) is 9.97 Å². The highest BCUT2D eigenvalue weighted by Gasteiger charge is 2.10. The summed E-state index contributed by atoms with van der Waals surface area (Å²) in [5, 5.41) is 3.31. The number of rotatable bonds is 5. The summed E-state index contributed by atoms with van der Waals surface area (Å²) in [5.41, 5.74) is 1.08. The normalized spacial score (nSPS) is 11.8. The van der Waals surface area contributed by atoms with Crippen molar-refractivity contribution in [3.8, 4) is 11.5 Å². The number of methoxy groups -OCH3 is 2. The minimum absolute atomic E-state index is 0.0802. The van der Waals surface area contributed by atoms with Crippen molar-refractivity contribution in [3.63, 3.8) is 0 Å². The number of hydrogen-bond acceptors (Lipinski definition) is 5. The molecule has 2 aromatic rings. The van der Waals surface area contributed by atoms with Gasteiger partial charge in [0.05, 0.1) is 20.3 Å². The number of ether oxygens (including phenoxy) is 2. The maximum absolute atomic E-state index is 5.31. The molecular weight excluding hydrogens is 322 g/mol. The van der Waals surface area contributed by atoms with Crippen molar-refractivity contribution in [1.29, 1.82) is 0 Å². The molecule has 20 heavy (non-hydrogen) atoms. The van der Waals surface area contributed by atoms with Crippen molar-refractivity contribution in [3.05, 3.63) is 40.8 Å². The van der Waals surface area contributed by atoms with Crippen LogP contribution in [0, 0.1) is 0 Å². The van der Waals surface area contributed by atoms with Crippen molar-refractivity contribution < 1.29 is 9.47 Å². The van der Waals surface area contributed by atoms with Gasteiger partial charge in [0.1, 0.15) is 16.7 Å². The van der Waals surface area contributed by atoms with Crippen molar-refractivity contribution in [2.75, 3.05) is 19.5 Å². The fourth-order valence-electron chi connectivity index (χ4n) is 1.84. The van der Waals surface area contributed by atoms with Gasteiger partial charge >= 0.3 is 0 Å². The maximum atomic E-state index is 5.31. The molecule has 0 aliphatic heterocycles. The van der Waals surface area contributed by atoms with Gasteiger partial charge in [-0.2, -0.15) is 0 Å². The average Bonchev–Trinajstić information content (AvgIpc) is 2.46. The number of halogens is 1. The van der Waals surface area contributed by atoms with Crippen LogP contribution in [0.15, 0.2) is 35.2 Å². The highest BCUT2D eigenvalue weighted by atomic mass is 79.9. The monoisotopic (exact) mass is 337 g/mol. The molecule has 2 rings (SSSR count). The number of benzene rings is 1. The summed E-state index contributed by atoms with van der Waals surface area (Å²) >= 11 is 3.32. The molecule has 0 bridgehead atoms. The second-order valence-electron chi connectivity index (χ2n) is 4.21. The Morgan fingerprint density at radius 3 is 2.50 bits per heavy atom. The van der Waals surface area contributed by atoms with Crippen LogP contribution in [-0.2, 0) is 0 Å². The van der Waals surface area contributed by atoms with Crippen molar-refractivity contribution in [2.24, 2.45) is 0 Å². The van der Waals surface area contributed by atoms with Crippen LogP contribution in [0.2, 0.25) is 0 Å². The molecule has 1 N–H and O–H groups in total. The quantitative estimate of drug-likeness (QED) is 0.847. The molecular formula is C14H16BrN3O2. The minimum Gasteiger partial charge on any atom is -0.493 e. The van der Waals surface area contributed by atoms with Crippen molar-refractivity contribution >= 4 is 21.7 Å². The van der Waals surface area contributed by atoms with E-state index in [2.05, 4.69) is 38.1 Å². The zero-order valence-electron chi connectivity index (χ0n) is 11.6. The molecule has 0 fully saturated rings. The molecule has 6 heteroatoms. The third-order valence-corrected chi connectivity index (χ3v) is 3.34. The molecule has 1 unspecified atom stereocenters. The summed E-state index contributed by atoms with van der Waals surface area (Å²) in [5.74, 6) is 2.19. The van der Waals surface area contributed by atoms with Crippen molar-refractivity contribution in [2.45, 2.75) is 13.0 Å². The molecule has 1 atom stereocenters. The molecule has 0 spiro atoms. The molecule has 0 radical (unpaired) electrons. The molecule has 0 saturated carbocycles. The van der Waals surface area contributed by atoms with E-state index in [0.717, 1.165) is 16.0 Å². The molecule has 5 nitrogen and oxygen atoms in total. The first-order valence-electron chi connectivity index (χ1n) is 6.10. The summed E-state index contributed by atoms with van der Waals surface area (Å²) in [6, 6.07) is 7.75. The first kappa shape index (κ1) is 14.6. The van der Waals surface area contributed by atoms with E-state index in [0.29, 0.717) is 11.5 Å². The molecule has 0 amide bonds. The van der Waals surface area contributed by atoms with Gasteiger partial charge in [0.2, 0.25) is 0 Å². The van der Waals surface area contributed by atoms with E-state index < -0.39 is 0 Å². The molecule has 0 aliphatic carbocycles. The number of nitrogens with one attached hydrogen (secondary N) is 1. The summed E-state index contributed by atoms with van der Waals surface area (Å²) in [7, 11) is 3.25. The van der Waals surface area contributed by atoms with E-state index in [1.807, 2.05) is 24.3 Å². The average molecular weight is 338 g/mol.